The molecule has 0 bridgehead atoms. The summed E-state index contributed by atoms with van der Waals surface area (Å²) in [6, 6.07) is 10.8. The molecule has 1 N–H and O–H groups in total. The van der Waals surface area contributed by atoms with Crippen LogP contribution in [0.4, 0.5) is 5.69 Å². The van der Waals surface area contributed by atoms with Gasteiger partial charge in [-0.3, -0.25) is 14.2 Å². The van der Waals surface area contributed by atoms with Crippen molar-refractivity contribution in [3.8, 4) is 0 Å². The number of carbonyl (C=O) groups is 1. The van der Waals surface area contributed by atoms with Crippen LogP contribution in [0.25, 0.3) is 10.9 Å². The summed E-state index contributed by atoms with van der Waals surface area (Å²) in [6.07, 6.45) is 1.63. The number of rotatable bonds is 6. The molecule has 7 heteroatoms. The van der Waals surface area contributed by atoms with Crippen LogP contribution in [0.3, 0.4) is 0 Å². The second kappa shape index (κ2) is 8.63. The standard InChI is InChI=1S/C21H20ClN3O2S/c1-4-10-25-20(27)16-9-8-15(22)11-17(16)23-21(25)28-12-18(26)24-19-13(2)6-5-7-14(19)3/h4-9,11H,1,10,12H2,2-3H3,(H,24,26). The van der Waals surface area contributed by atoms with Gasteiger partial charge in [-0.2, -0.15) is 0 Å². The fourth-order valence-corrected chi connectivity index (χ4v) is 3.87. The van der Waals surface area contributed by atoms with Crippen molar-refractivity contribution in [2.45, 2.75) is 25.5 Å². The SMILES string of the molecule is C=CCn1c(SCC(=O)Nc2c(C)cccc2C)nc2cc(Cl)ccc2c1=O. The van der Waals surface area contributed by atoms with E-state index in [1.54, 1.807) is 24.3 Å². The molecule has 0 radical (unpaired) electrons. The van der Waals surface area contributed by atoms with E-state index in [1.165, 1.54) is 16.3 Å². The monoisotopic (exact) mass is 413 g/mol. The number of carbonyl (C=O) groups excluding carboxylic acids is 1. The number of aromatic nitrogens is 2. The Bertz CT molecular complexity index is 1100. The van der Waals surface area contributed by atoms with Crippen molar-refractivity contribution in [3.63, 3.8) is 0 Å². The van der Waals surface area contributed by atoms with Gasteiger partial charge in [0, 0.05) is 17.3 Å². The Balaban J connectivity index is 1.87. The van der Waals surface area contributed by atoms with Crippen molar-refractivity contribution in [3.05, 3.63) is 75.6 Å². The molecule has 0 aliphatic carbocycles. The van der Waals surface area contributed by atoms with Crippen LogP contribution in [0.5, 0.6) is 0 Å². The second-order valence-corrected chi connectivity index (χ2v) is 7.74. The molecular weight excluding hydrogens is 394 g/mol. The van der Waals surface area contributed by atoms with Crippen molar-refractivity contribution in [2.75, 3.05) is 11.1 Å². The van der Waals surface area contributed by atoms with E-state index in [9.17, 15) is 9.59 Å². The van der Waals surface area contributed by atoms with Crippen molar-refractivity contribution in [2.24, 2.45) is 0 Å². The summed E-state index contributed by atoms with van der Waals surface area (Å²) < 4.78 is 1.51. The van der Waals surface area contributed by atoms with Gasteiger partial charge in [-0.15, -0.1) is 6.58 Å². The van der Waals surface area contributed by atoms with Gasteiger partial charge in [-0.05, 0) is 43.2 Å². The number of fused-ring (bicyclic) bond motifs is 1. The van der Waals surface area contributed by atoms with E-state index in [0.717, 1.165) is 16.8 Å². The summed E-state index contributed by atoms with van der Waals surface area (Å²) in [5, 5.41) is 4.39. The zero-order valence-electron chi connectivity index (χ0n) is 15.7. The van der Waals surface area contributed by atoms with Gasteiger partial charge in [0.15, 0.2) is 5.16 Å². The Labute approximate surface area is 172 Å². The molecule has 2 aromatic carbocycles. The quantitative estimate of drug-likeness (QED) is 0.365. The highest BCUT2D eigenvalue weighted by Crippen LogP contribution is 2.22. The summed E-state index contributed by atoms with van der Waals surface area (Å²) in [6.45, 7) is 7.92. The molecule has 0 aliphatic heterocycles. The zero-order valence-corrected chi connectivity index (χ0v) is 17.2. The number of allylic oxidation sites excluding steroid dienone is 1. The predicted molar refractivity (Wildman–Crippen MR) is 116 cm³/mol. The highest BCUT2D eigenvalue weighted by Gasteiger charge is 2.14. The van der Waals surface area contributed by atoms with Crippen LogP contribution in [0.15, 0.2) is 59.0 Å². The average Bonchev–Trinajstić information content (AvgIpc) is 2.65. The van der Waals surface area contributed by atoms with Crippen LogP contribution in [-0.2, 0) is 11.3 Å². The lowest BCUT2D eigenvalue weighted by Gasteiger charge is -2.13. The van der Waals surface area contributed by atoms with Gasteiger partial charge in [0.05, 0.1) is 16.7 Å². The minimum atomic E-state index is -0.181. The van der Waals surface area contributed by atoms with Gasteiger partial charge in [-0.1, -0.05) is 47.6 Å². The fraction of sp³-hybridized carbons (Fsp3) is 0.190. The van der Waals surface area contributed by atoms with Crippen molar-refractivity contribution < 1.29 is 4.79 Å². The lowest BCUT2D eigenvalue weighted by molar-refractivity contribution is -0.113. The van der Waals surface area contributed by atoms with E-state index in [0.29, 0.717) is 27.6 Å². The number of hydrogen-bond acceptors (Lipinski definition) is 4. The van der Waals surface area contributed by atoms with E-state index in [1.807, 2.05) is 32.0 Å². The number of hydrogen-bond donors (Lipinski definition) is 1. The molecule has 0 fully saturated rings. The van der Waals surface area contributed by atoms with E-state index in [-0.39, 0.29) is 17.2 Å². The predicted octanol–water partition coefficient (Wildman–Crippen LogP) is 4.58. The van der Waals surface area contributed by atoms with Gasteiger partial charge in [0.2, 0.25) is 5.91 Å². The normalized spacial score (nSPS) is 10.8. The van der Waals surface area contributed by atoms with E-state index >= 15 is 0 Å². The topological polar surface area (TPSA) is 64.0 Å². The zero-order chi connectivity index (χ0) is 20.3. The molecule has 0 atom stereocenters. The molecule has 3 rings (SSSR count). The van der Waals surface area contributed by atoms with Crippen LogP contribution in [0, 0.1) is 13.8 Å². The lowest BCUT2D eigenvalue weighted by Crippen LogP contribution is -2.24. The molecule has 3 aromatic rings. The first-order valence-corrected chi connectivity index (χ1v) is 10.1. The van der Waals surface area contributed by atoms with E-state index < -0.39 is 0 Å². The number of anilines is 1. The van der Waals surface area contributed by atoms with Crippen LogP contribution in [0.2, 0.25) is 5.02 Å². The van der Waals surface area contributed by atoms with Crippen molar-refractivity contribution in [1.29, 1.82) is 0 Å². The summed E-state index contributed by atoms with van der Waals surface area (Å²) in [5.41, 5.74) is 3.14. The average molecular weight is 414 g/mol. The maximum absolute atomic E-state index is 12.8. The van der Waals surface area contributed by atoms with Gasteiger partial charge < -0.3 is 5.32 Å². The fourth-order valence-electron chi connectivity index (χ4n) is 2.89. The minimum Gasteiger partial charge on any atom is -0.325 e. The van der Waals surface area contributed by atoms with E-state index in [4.69, 9.17) is 11.6 Å². The van der Waals surface area contributed by atoms with Crippen molar-refractivity contribution in [1.82, 2.24) is 9.55 Å². The molecule has 0 saturated carbocycles. The Morgan fingerprint density at radius 2 is 2.00 bits per heavy atom. The number of aryl methyl sites for hydroxylation is 2. The third-order valence-electron chi connectivity index (χ3n) is 4.27. The summed E-state index contributed by atoms with van der Waals surface area (Å²) >= 11 is 7.25. The Hall–Kier alpha value is -2.57. The van der Waals surface area contributed by atoms with Crippen LogP contribution in [-0.4, -0.2) is 21.2 Å². The number of nitrogens with zero attached hydrogens (tertiary/aromatic N) is 2. The smallest absolute Gasteiger partial charge is 0.262 e. The molecule has 1 heterocycles. The molecule has 0 unspecified atom stereocenters. The molecule has 0 spiro atoms. The molecular formula is C21H20ClN3O2S. The molecule has 144 valence electrons. The summed E-state index contributed by atoms with van der Waals surface area (Å²) in [5.74, 6) is -0.0309. The summed E-state index contributed by atoms with van der Waals surface area (Å²) in [7, 11) is 0. The largest absolute Gasteiger partial charge is 0.325 e. The highest BCUT2D eigenvalue weighted by atomic mass is 35.5. The Morgan fingerprint density at radius 1 is 1.29 bits per heavy atom. The first kappa shape index (κ1) is 20.2. The Morgan fingerprint density at radius 3 is 2.68 bits per heavy atom. The first-order valence-electron chi connectivity index (χ1n) is 8.70. The minimum absolute atomic E-state index is 0.128. The third kappa shape index (κ3) is 4.29. The number of halogens is 1. The van der Waals surface area contributed by atoms with Gasteiger partial charge in [0.25, 0.3) is 5.56 Å². The van der Waals surface area contributed by atoms with Crippen LogP contribution < -0.4 is 10.9 Å². The molecule has 1 aromatic heterocycles. The first-order chi connectivity index (χ1) is 13.4. The second-order valence-electron chi connectivity index (χ2n) is 6.36. The highest BCUT2D eigenvalue weighted by molar-refractivity contribution is 7.99. The van der Waals surface area contributed by atoms with Crippen LogP contribution in [0.1, 0.15) is 11.1 Å². The third-order valence-corrected chi connectivity index (χ3v) is 5.48. The molecule has 5 nitrogen and oxygen atoms in total. The number of nitrogens with one attached hydrogen (secondary N) is 1. The lowest BCUT2D eigenvalue weighted by atomic mass is 10.1. The van der Waals surface area contributed by atoms with Gasteiger partial charge in [0.1, 0.15) is 0 Å². The molecule has 1 amide bonds. The molecule has 0 aliphatic rings. The number of amides is 1. The van der Waals surface area contributed by atoms with Crippen molar-refractivity contribution >= 4 is 45.9 Å². The van der Waals surface area contributed by atoms with Crippen LogP contribution >= 0.6 is 23.4 Å². The Kier molecular flexibility index (Phi) is 6.21. The van der Waals surface area contributed by atoms with Gasteiger partial charge in [-0.25, -0.2) is 4.98 Å². The molecule has 28 heavy (non-hydrogen) atoms. The number of para-hydroxylation sites is 1. The molecule has 0 saturated heterocycles. The number of thioether (sulfide) groups is 1. The van der Waals surface area contributed by atoms with Gasteiger partial charge >= 0.3 is 0 Å². The maximum Gasteiger partial charge on any atom is 0.262 e. The maximum atomic E-state index is 12.8. The summed E-state index contributed by atoms with van der Waals surface area (Å²) in [4.78, 5) is 29.8. The number of benzene rings is 2. The van der Waals surface area contributed by atoms with E-state index in [2.05, 4.69) is 16.9 Å².